The van der Waals surface area contributed by atoms with E-state index >= 15 is 0 Å². The molecule has 0 amide bonds. The van der Waals surface area contributed by atoms with Crippen molar-refractivity contribution in [3.05, 3.63) is 18.7 Å². The molecule has 0 spiro atoms. The van der Waals surface area contributed by atoms with E-state index in [9.17, 15) is 0 Å². The first-order valence-electron chi connectivity index (χ1n) is 9.90. The lowest BCUT2D eigenvalue weighted by atomic mass is 9.93. The van der Waals surface area contributed by atoms with Crippen LogP contribution in [-0.2, 0) is 0 Å². The molecule has 1 aromatic heterocycles. The van der Waals surface area contributed by atoms with Crippen LogP contribution in [0.25, 0.3) is 0 Å². The van der Waals surface area contributed by atoms with Crippen LogP contribution in [0.1, 0.15) is 45.6 Å². The van der Waals surface area contributed by atoms with E-state index in [1.807, 2.05) is 19.6 Å². The highest BCUT2D eigenvalue weighted by Crippen LogP contribution is 2.27. The molecule has 140 valence electrons. The van der Waals surface area contributed by atoms with Gasteiger partial charge in [-0.2, -0.15) is 0 Å². The third-order valence-corrected chi connectivity index (χ3v) is 5.99. The number of guanidine groups is 1. The van der Waals surface area contributed by atoms with E-state index < -0.39 is 0 Å². The molecule has 1 aromatic rings. The molecule has 0 aromatic carbocycles. The molecule has 0 radical (unpaired) electrons. The van der Waals surface area contributed by atoms with Crippen LogP contribution >= 0.6 is 0 Å². The van der Waals surface area contributed by atoms with E-state index in [4.69, 9.17) is 0 Å². The monoisotopic (exact) mass is 346 g/mol. The van der Waals surface area contributed by atoms with Gasteiger partial charge >= 0.3 is 0 Å². The lowest BCUT2D eigenvalue weighted by molar-refractivity contribution is 0.153. The number of hydrogen-bond donors (Lipinski definition) is 1. The molecule has 0 saturated carbocycles. The Hall–Kier alpha value is -1.56. The molecule has 2 aliphatic rings. The first-order valence-corrected chi connectivity index (χ1v) is 9.90. The summed E-state index contributed by atoms with van der Waals surface area (Å²) >= 11 is 0. The van der Waals surface area contributed by atoms with Crippen LogP contribution in [-0.4, -0.2) is 71.1 Å². The summed E-state index contributed by atoms with van der Waals surface area (Å²) in [5.74, 6) is 1.72. The smallest absolute Gasteiger partial charge is 0.193 e. The second-order valence-corrected chi connectivity index (χ2v) is 7.50. The molecule has 2 saturated heterocycles. The first-order chi connectivity index (χ1) is 12.2. The van der Waals surface area contributed by atoms with E-state index in [0.717, 1.165) is 32.1 Å². The van der Waals surface area contributed by atoms with Gasteiger partial charge in [-0.15, -0.1) is 0 Å². The molecule has 3 atom stereocenters. The summed E-state index contributed by atoms with van der Waals surface area (Å²) in [7, 11) is 1.91. The number of nitrogens with zero attached hydrogens (tertiary/aromatic N) is 5. The Kier molecular flexibility index (Phi) is 6.34. The van der Waals surface area contributed by atoms with Gasteiger partial charge < -0.3 is 14.8 Å². The van der Waals surface area contributed by atoms with Crippen molar-refractivity contribution in [2.24, 2.45) is 10.9 Å². The van der Waals surface area contributed by atoms with Crippen molar-refractivity contribution in [2.75, 3.05) is 39.8 Å². The number of aromatic nitrogens is 2. The van der Waals surface area contributed by atoms with Gasteiger partial charge in [-0.25, -0.2) is 4.98 Å². The zero-order valence-electron chi connectivity index (χ0n) is 16.1. The number of likely N-dealkylation sites (tertiary alicyclic amines) is 2. The number of hydrogen-bond acceptors (Lipinski definition) is 3. The maximum atomic E-state index is 4.58. The summed E-state index contributed by atoms with van der Waals surface area (Å²) in [6, 6.07) is 1.11. The Balaban J connectivity index is 1.59. The summed E-state index contributed by atoms with van der Waals surface area (Å²) in [6.45, 7) is 10.1. The van der Waals surface area contributed by atoms with Gasteiger partial charge in [-0.05, 0) is 38.3 Å². The van der Waals surface area contributed by atoms with E-state index in [1.54, 1.807) is 0 Å². The Morgan fingerprint density at radius 3 is 2.88 bits per heavy atom. The first kappa shape index (κ1) is 18.2. The average molecular weight is 347 g/mol. The number of aliphatic imine (C=N–C) groups is 1. The van der Waals surface area contributed by atoms with Crippen molar-refractivity contribution in [1.29, 1.82) is 0 Å². The fraction of sp³-hybridized carbons (Fsp3) is 0.789. The molecule has 0 bridgehead atoms. The van der Waals surface area contributed by atoms with E-state index in [2.05, 4.69) is 49.7 Å². The highest BCUT2D eigenvalue weighted by Gasteiger charge is 2.29. The van der Waals surface area contributed by atoms with Crippen LogP contribution < -0.4 is 5.32 Å². The number of piperidine rings is 2. The second kappa shape index (κ2) is 8.70. The third-order valence-electron chi connectivity index (χ3n) is 5.99. The van der Waals surface area contributed by atoms with Crippen LogP contribution in [0.15, 0.2) is 23.7 Å². The fourth-order valence-electron chi connectivity index (χ4n) is 4.34. The average Bonchev–Trinajstić information content (AvgIpc) is 3.18. The van der Waals surface area contributed by atoms with Crippen molar-refractivity contribution in [3.8, 4) is 0 Å². The van der Waals surface area contributed by atoms with Crippen molar-refractivity contribution >= 4 is 5.96 Å². The molecule has 2 fully saturated rings. The van der Waals surface area contributed by atoms with E-state index in [0.29, 0.717) is 18.0 Å². The Labute approximate surface area is 152 Å². The van der Waals surface area contributed by atoms with Crippen molar-refractivity contribution in [1.82, 2.24) is 24.7 Å². The van der Waals surface area contributed by atoms with Crippen LogP contribution in [0.4, 0.5) is 0 Å². The topological polar surface area (TPSA) is 48.7 Å². The normalized spacial score (nSPS) is 29.0. The summed E-state index contributed by atoms with van der Waals surface area (Å²) < 4.78 is 2.25. The molecule has 2 aliphatic heterocycles. The number of likely N-dealkylation sites (N-methyl/N-ethyl adjacent to an activating group) is 1. The molecule has 6 heteroatoms. The quantitative estimate of drug-likeness (QED) is 0.671. The largest absolute Gasteiger partial charge is 0.355 e. The summed E-state index contributed by atoms with van der Waals surface area (Å²) in [6.07, 6.45) is 11.1. The number of nitrogens with one attached hydrogen (secondary N) is 1. The van der Waals surface area contributed by atoms with Gasteiger partial charge in [0.1, 0.15) is 0 Å². The summed E-state index contributed by atoms with van der Waals surface area (Å²) in [5, 5.41) is 3.66. The molecule has 3 heterocycles. The number of imidazole rings is 1. The molecule has 3 unspecified atom stereocenters. The summed E-state index contributed by atoms with van der Waals surface area (Å²) in [4.78, 5) is 13.8. The maximum Gasteiger partial charge on any atom is 0.193 e. The van der Waals surface area contributed by atoms with Crippen LogP contribution in [0.2, 0.25) is 0 Å². The van der Waals surface area contributed by atoms with Crippen molar-refractivity contribution < 1.29 is 0 Å². The van der Waals surface area contributed by atoms with Gasteiger partial charge in [0, 0.05) is 45.1 Å². The van der Waals surface area contributed by atoms with Gasteiger partial charge in [0.15, 0.2) is 5.96 Å². The minimum absolute atomic E-state index is 0.469. The second-order valence-electron chi connectivity index (χ2n) is 7.50. The maximum absolute atomic E-state index is 4.58. The van der Waals surface area contributed by atoms with E-state index in [-0.39, 0.29) is 0 Å². The minimum atomic E-state index is 0.469. The van der Waals surface area contributed by atoms with Crippen LogP contribution in [0.5, 0.6) is 0 Å². The highest BCUT2D eigenvalue weighted by atomic mass is 15.3. The third kappa shape index (κ3) is 4.35. The zero-order valence-corrected chi connectivity index (χ0v) is 16.1. The zero-order chi connectivity index (χ0) is 17.6. The predicted octanol–water partition coefficient (Wildman–Crippen LogP) is 2.22. The predicted molar refractivity (Wildman–Crippen MR) is 103 cm³/mol. The molecular formula is C19H34N6. The molecular weight excluding hydrogens is 312 g/mol. The number of rotatable bonds is 4. The van der Waals surface area contributed by atoms with Crippen molar-refractivity contribution in [3.63, 3.8) is 0 Å². The molecule has 6 nitrogen and oxygen atoms in total. The summed E-state index contributed by atoms with van der Waals surface area (Å²) in [5.41, 5.74) is 0. The van der Waals surface area contributed by atoms with Gasteiger partial charge in [0.2, 0.25) is 0 Å². The van der Waals surface area contributed by atoms with Crippen molar-refractivity contribution in [2.45, 2.75) is 51.6 Å². The Morgan fingerprint density at radius 2 is 2.16 bits per heavy atom. The van der Waals surface area contributed by atoms with E-state index in [1.165, 1.54) is 32.2 Å². The minimum Gasteiger partial charge on any atom is -0.355 e. The fourth-order valence-corrected chi connectivity index (χ4v) is 4.34. The Bertz CT molecular complexity index is 540. The van der Waals surface area contributed by atoms with Crippen LogP contribution in [0, 0.1) is 5.92 Å². The van der Waals surface area contributed by atoms with Gasteiger partial charge in [-0.3, -0.25) is 9.89 Å². The highest BCUT2D eigenvalue weighted by molar-refractivity contribution is 5.80. The lowest BCUT2D eigenvalue weighted by Gasteiger charge is -2.40. The SMILES string of the molecule is CCN1CCCCC1CNC(=NC)N1CCC(C)C(n2ccnc2)C1. The lowest BCUT2D eigenvalue weighted by Crippen LogP contribution is -2.52. The molecule has 0 aliphatic carbocycles. The molecule has 1 N–H and O–H groups in total. The standard InChI is InChI=1S/C19H34N6/c1-4-23-10-6-5-7-17(23)13-22-19(20-3)24-11-8-16(2)18(14-24)25-12-9-21-15-25/h9,12,15-18H,4-8,10-11,13-14H2,1-3H3,(H,20,22). The van der Waals surface area contributed by atoms with Crippen LogP contribution in [0.3, 0.4) is 0 Å². The van der Waals surface area contributed by atoms with Gasteiger partial charge in [0.05, 0.1) is 12.4 Å². The molecule has 25 heavy (non-hydrogen) atoms. The van der Waals surface area contributed by atoms with Gasteiger partial charge in [-0.1, -0.05) is 20.3 Å². The van der Waals surface area contributed by atoms with Gasteiger partial charge in [0.25, 0.3) is 0 Å². The molecule has 3 rings (SSSR count). The Morgan fingerprint density at radius 1 is 1.28 bits per heavy atom.